The number of rotatable bonds is 3. The number of benzene rings is 2. The predicted octanol–water partition coefficient (Wildman–Crippen LogP) is 3.31. The van der Waals surface area contributed by atoms with E-state index in [0.717, 1.165) is 16.8 Å². The van der Waals surface area contributed by atoms with Gasteiger partial charge in [-0.2, -0.15) is 5.10 Å². The number of nitrogens with two attached hydrogens (primary N) is 1. The third-order valence-electron chi connectivity index (χ3n) is 3.45. The molecule has 20 heavy (non-hydrogen) atoms. The summed E-state index contributed by atoms with van der Waals surface area (Å²) in [5.74, 6) is 0. The van der Waals surface area contributed by atoms with Gasteiger partial charge in [-0.05, 0) is 41.8 Å². The quantitative estimate of drug-likeness (QED) is 0.788. The number of aryl methyl sites for hydroxylation is 1. The van der Waals surface area contributed by atoms with Crippen LogP contribution < -0.4 is 5.73 Å². The number of aromatic nitrogens is 2. The highest BCUT2D eigenvalue weighted by Crippen LogP contribution is 2.25. The lowest BCUT2D eigenvalue weighted by molar-refractivity contribution is 0.881. The van der Waals surface area contributed by atoms with Gasteiger partial charge in [0.25, 0.3) is 0 Å². The van der Waals surface area contributed by atoms with Gasteiger partial charge in [-0.25, -0.2) is 4.68 Å². The molecular formula is C17H17N3. The third kappa shape index (κ3) is 2.36. The average molecular weight is 263 g/mol. The number of para-hydroxylation sites is 1. The lowest BCUT2D eigenvalue weighted by Crippen LogP contribution is -1.97. The van der Waals surface area contributed by atoms with Gasteiger partial charge in [-0.3, -0.25) is 0 Å². The second kappa shape index (κ2) is 5.31. The van der Waals surface area contributed by atoms with Gasteiger partial charge in [0.15, 0.2) is 0 Å². The fourth-order valence-corrected chi connectivity index (χ4v) is 2.29. The van der Waals surface area contributed by atoms with Gasteiger partial charge in [0.1, 0.15) is 0 Å². The molecule has 0 bridgehead atoms. The SMILES string of the molecule is Cc1ccc(CN)cc1-c1cnn(-c2ccccc2)c1. The number of nitrogens with zero attached hydrogens (tertiary/aromatic N) is 2. The molecule has 1 aromatic heterocycles. The van der Waals surface area contributed by atoms with Crippen LogP contribution in [-0.2, 0) is 6.54 Å². The van der Waals surface area contributed by atoms with E-state index in [1.54, 1.807) is 0 Å². The molecule has 0 saturated carbocycles. The zero-order valence-electron chi connectivity index (χ0n) is 11.5. The molecular weight excluding hydrogens is 246 g/mol. The molecule has 2 N–H and O–H groups in total. The predicted molar refractivity (Wildman–Crippen MR) is 81.6 cm³/mol. The lowest BCUT2D eigenvalue weighted by atomic mass is 10.0. The van der Waals surface area contributed by atoms with Crippen molar-refractivity contribution in [1.29, 1.82) is 0 Å². The molecule has 0 unspecified atom stereocenters. The van der Waals surface area contributed by atoms with Crippen molar-refractivity contribution in [3.05, 3.63) is 72.1 Å². The molecule has 3 aromatic rings. The van der Waals surface area contributed by atoms with Crippen molar-refractivity contribution in [3.63, 3.8) is 0 Å². The van der Waals surface area contributed by atoms with Gasteiger partial charge >= 0.3 is 0 Å². The summed E-state index contributed by atoms with van der Waals surface area (Å²) in [5, 5.41) is 4.44. The van der Waals surface area contributed by atoms with E-state index in [2.05, 4.69) is 36.4 Å². The van der Waals surface area contributed by atoms with Crippen LogP contribution in [0.15, 0.2) is 60.9 Å². The van der Waals surface area contributed by atoms with Gasteiger partial charge in [0, 0.05) is 18.3 Å². The van der Waals surface area contributed by atoms with Crippen LogP contribution in [0.25, 0.3) is 16.8 Å². The summed E-state index contributed by atoms with van der Waals surface area (Å²) in [5.41, 5.74) is 11.5. The Balaban J connectivity index is 2.02. The monoisotopic (exact) mass is 263 g/mol. The summed E-state index contributed by atoms with van der Waals surface area (Å²) >= 11 is 0. The molecule has 1 heterocycles. The maximum Gasteiger partial charge on any atom is 0.0645 e. The van der Waals surface area contributed by atoms with E-state index in [4.69, 9.17) is 5.73 Å². The normalized spacial score (nSPS) is 10.7. The first-order valence-electron chi connectivity index (χ1n) is 6.68. The standard InChI is InChI=1S/C17H17N3/c1-13-7-8-14(10-18)9-17(13)15-11-19-20(12-15)16-5-3-2-4-6-16/h2-9,11-12H,10,18H2,1H3. The summed E-state index contributed by atoms with van der Waals surface area (Å²) in [4.78, 5) is 0. The molecule has 100 valence electrons. The fraction of sp³-hybridized carbons (Fsp3) is 0.118. The highest BCUT2D eigenvalue weighted by atomic mass is 15.3. The van der Waals surface area contributed by atoms with Crippen LogP contribution in [0.4, 0.5) is 0 Å². The van der Waals surface area contributed by atoms with Crippen LogP contribution in [0.2, 0.25) is 0 Å². The van der Waals surface area contributed by atoms with Crippen molar-refractivity contribution in [2.45, 2.75) is 13.5 Å². The van der Waals surface area contributed by atoms with Gasteiger partial charge in [0.05, 0.1) is 11.9 Å². The summed E-state index contributed by atoms with van der Waals surface area (Å²) < 4.78 is 1.89. The Morgan fingerprint density at radius 3 is 2.65 bits per heavy atom. The first-order chi connectivity index (χ1) is 9.78. The van der Waals surface area contributed by atoms with E-state index in [-0.39, 0.29) is 0 Å². The average Bonchev–Trinajstić information content (AvgIpc) is 2.98. The largest absolute Gasteiger partial charge is 0.326 e. The molecule has 2 aromatic carbocycles. The summed E-state index contributed by atoms with van der Waals surface area (Å²) in [6, 6.07) is 16.4. The van der Waals surface area contributed by atoms with E-state index in [1.807, 2.05) is 41.2 Å². The molecule has 0 saturated heterocycles. The Hall–Kier alpha value is -2.39. The molecule has 0 aliphatic carbocycles. The summed E-state index contributed by atoms with van der Waals surface area (Å²) in [6.07, 6.45) is 3.95. The highest BCUT2D eigenvalue weighted by molar-refractivity contribution is 5.67. The Morgan fingerprint density at radius 2 is 1.90 bits per heavy atom. The van der Waals surface area contributed by atoms with Crippen LogP contribution in [-0.4, -0.2) is 9.78 Å². The maximum atomic E-state index is 5.72. The molecule has 0 spiro atoms. The van der Waals surface area contributed by atoms with Gasteiger partial charge in [0.2, 0.25) is 0 Å². The van der Waals surface area contributed by atoms with Crippen LogP contribution in [0.5, 0.6) is 0 Å². The molecule has 0 fully saturated rings. The molecule has 3 rings (SSSR count). The molecule has 0 aliphatic rings. The van der Waals surface area contributed by atoms with E-state index in [0.29, 0.717) is 6.54 Å². The molecule has 0 aliphatic heterocycles. The Labute approximate surface area is 118 Å². The third-order valence-corrected chi connectivity index (χ3v) is 3.45. The Bertz CT molecular complexity index is 714. The lowest BCUT2D eigenvalue weighted by Gasteiger charge is -2.06. The molecule has 0 amide bonds. The maximum absolute atomic E-state index is 5.72. The summed E-state index contributed by atoms with van der Waals surface area (Å²) in [7, 11) is 0. The first kappa shape index (κ1) is 12.6. The minimum Gasteiger partial charge on any atom is -0.326 e. The first-order valence-corrected chi connectivity index (χ1v) is 6.68. The molecule has 0 radical (unpaired) electrons. The fourth-order valence-electron chi connectivity index (χ4n) is 2.29. The van der Waals surface area contributed by atoms with Gasteiger partial charge in [-0.15, -0.1) is 0 Å². The van der Waals surface area contributed by atoms with Crippen molar-refractivity contribution >= 4 is 0 Å². The van der Waals surface area contributed by atoms with Crippen molar-refractivity contribution < 1.29 is 0 Å². The van der Waals surface area contributed by atoms with Crippen molar-refractivity contribution in [1.82, 2.24) is 9.78 Å². The summed E-state index contributed by atoms with van der Waals surface area (Å²) in [6.45, 7) is 2.66. The topological polar surface area (TPSA) is 43.8 Å². The molecule has 0 atom stereocenters. The van der Waals surface area contributed by atoms with Crippen molar-refractivity contribution in [2.75, 3.05) is 0 Å². The number of hydrogen-bond donors (Lipinski definition) is 1. The van der Waals surface area contributed by atoms with Crippen LogP contribution in [0.3, 0.4) is 0 Å². The zero-order valence-corrected chi connectivity index (χ0v) is 11.5. The van der Waals surface area contributed by atoms with Crippen LogP contribution in [0, 0.1) is 6.92 Å². The number of hydrogen-bond acceptors (Lipinski definition) is 2. The van der Waals surface area contributed by atoms with E-state index >= 15 is 0 Å². The molecule has 3 heteroatoms. The highest BCUT2D eigenvalue weighted by Gasteiger charge is 2.06. The van der Waals surface area contributed by atoms with E-state index < -0.39 is 0 Å². The Morgan fingerprint density at radius 1 is 1.10 bits per heavy atom. The minimum atomic E-state index is 0.556. The molecule has 3 nitrogen and oxygen atoms in total. The van der Waals surface area contributed by atoms with Crippen molar-refractivity contribution in [3.8, 4) is 16.8 Å². The Kier molecular flexibility index (Phi) is 3.35. The minimum absolute atomic E-state index is 0.556. The second-order valence-corrected chi connectivity index (χ2v) is 4.86. The van der Waals surface area contributed by atoms with Crippen molar-refractivity contribution in [2.24, 2.45) is 5.73 Å². The second-order valence-electron chi connectivity index (χ2n) is 4.86. The van der Waals surface area contributed by atoms with Gasteiger partial charge < -0.3 is 5.73 Å². The van der Waals surface area contributed by atoms with E-state index in [9.17, 15) is 0 Å². The van der Waals surface area contributed by atoms with Gasteiger partial charge in [-0.1, -0.05) is 30.3 Å². The smallest absolute Gasteiger partial charge is 0.0645 e. The van der Waals surface area contributed by atoms with E-state index in [1.165, 1.54) is 11.1 Å². The zero-order chi connectivity index (χ0) is 13.9. The van der Waals surface area contributed by atoms with Crippen LogP contribution in [0.1, 0.15) is 11.1 Å². The van der Waals surface area contributed by atoms with Crippen LogP contribution >= 0.6 is 0 Å².